The van der Waals surface area contributed by atoms with Crippen LogP contribution in [0.4, 0.5) is 0 Å². The Morgan fingerprint density at radius 3 is 2.69 bits per heavy atom. The van der Waals surface area contributed by atoms with E-state index in [2.05, 4.69) is 4.98 Å². The molecule has 0 radical (unpaired) electrons. The van der Waals surface area contributed by atoms with Gasteiger partial charge in [0.25, 0.3) is 0 Å². The molecule has 0 amide bonds. The normalized spacial score (nSPS) is 10.7. The lowest BCUT2D eigenvalue weighted by molar-refractivity contribution is 0.0691. The van der Waals surface area contributed by atoms with Gasteiger partial charge in [-0.05, 0) is 37.1 Å². The second-order valence-corrected chi connectivity index (χ2v) is 4.11. The van der Waals surface area contributed by atoms with Crippen molar-refractivity contribution in [3.8, 4) is 0 Å². The zero-order valence-electron chi connectivity index (χ0n) is 8.91. The predicted octanol–water partition coefficient (Wildman–Crippen LogP) is 3.20. The van der Waals surface area contributed by atoms with Crippen LogP contribution >= 0.6 is 11.6 Å². The van der Waals surface area contributed by atoms with Crippen molar-refractivity contribution in [1.82, 2.24) is 4.98 Å². The Hall–Kier alpha value is -1.61. The molecule has 0 atom stereocenters. The first-order chi connectivity index (χ1) is 7.50. The van der Waals surface area contributed by atoms with E-state index in [1.165, 1.54) is 0 Å². The van der Waals surface area contributed by atoms with Crippen LogP contribution in [0, 0.1) is 13.8 Å². The fourth-order valence-electron chi connectivity index (χ4n) is 1.68. The standard InChI is InChI=1S/C12H10ClNO2/c1-6-5-10(12(15)16)14-11-7(2)9(13)4-3-8(6)11/h3-5H,1-2H3,(H,15,16). The predicted molar refractivity (Wildman–Crippen MR) is 63.2 cm³/mol. The third kappa shape index (κ3) is 1.63. The largest absolute Gasteiger partial charge is 0.477 e. The number of carbonyl (C=O) groups is 1. The smallest absolute Gasteiger partial charge is 0.354 e. The van der Waals surface area contributed by atoms with E-state index in [0.29, 0.717) is 10.5 Å². The molecule has 1 aromatic heterocycles. The lowest BCUT2D eigenvalue weighted by Crippen LogP contribution is -2.02. The van der Waals surface area contributed by atoms with E-state index in [4.69, 9.17) is 16.7 Å². The van der Waals surface area contributed by atoms with Gasteiger partial charge in [-0.1, -0.05) is 17.7 Å². The van der Waals surface area contributed by atoms with Crippen LogP contribution in [0.2, 0.25) is 5.02 Å². The van der Waals surface area contributed by atoms with E-state index in [-0.39, 0.29) is 5.69 Å². The Bertz CT molecular complexity index is 593. The molecule has 0 unspecified atom stereocenters. The molecule has 0 saturated carbocycles. The average Bonchev–Trinajstić information content (AvgIpc) is 2.23. The van der Waals surface area contributed by atoms with Gasteiger partial charge in [0.05, 0.1) is 5.52 Å². The Balaban J connectivity index is 2.88. The molecule has 3 nitrogen and oxygen atoms in total. The van der Waals surface area contributed by atoms with Crippen molar-refractivity contribution in [2.75, 3.05) is 0 Å². The van der Waals surface area contributed by atoms with E-state index in [1.54, 1.807) is 12.1 Å². The lowest BCUT2D eigenvalue weighted by atomic mass is 10.1. The van der Waals surface area contributed by atoms with Gasteiger partial charge in [0.2, 0.25) is 0 Å². The number of fused-ring (bicyclic) bond motifs is 1. The number of aryl methyl sites for hydroxylation is 2. The molecule has 0 spiro atoms. The lowest BCUT2D eigenvalue weighted by Gasteiger charge is -2.07. The molecule has 0 aliphatic heterocycles. The molecule has 1 aromatic carbocycles. The van der Waals surface area contributed by atoms with Crippen LogP contribution in [0.15, 0.2) is 18.2 Å². The number of nitrogens with zero attached hydrogens (tertiary/aromatic N) is 1. The van der Waals surface area contributed by atoms with E-state index in [0.717, 1.165) is 16.5 Å². The van der Waals surface area contributed by atoms with Crippen molar-refractivity contribution in [3.05, 3.63) is 40.0 Å². The van der Waals surface area contributed by atoms with E-state index in [9.17, 15) is 4.79 Å². The zero-order valence-corrected chi connectivity index (χ0v) is 9.67. The maximum atomic E-state index is 10.9. The fourth-order valence-corrected chi connectivity index (χ4v) is 1.84. The Labute approximate surface area is 97.7 Å². The maximum absolute atomic E-state index is 10.9. The summed E-state index contributed by atoms with van der Waals surface area (Å²) in [5, 5.41) is 10.5. The molecular formula is C12H10ClNO2. The highest BCUT2D eigenvalue weighted by Crippen LogP contribution is 2.26. The minimum absolute atomic E-state index is 0.0513. The average molecular weight is 236 g/mol. The molecule has 82 valence electrons. The number of halogens is 1. The molecule has 1 heterocycles. The molecule has 0 bridgehead atoms. The number of rotatable bonds is 1. The van der Waals surface area contributed by atoms with E-state index in [1.807, 2.05) is 19.9 Å². The van der Waals surface area contributed by atoms with Crippen molar-refractivity contribution in [2.24, 2.45) is 0 Å². The van der Waals surface area contributed by atoms with Crippen LogP contribution in [0.5, 0.6) is 0 Å². The number of carboxylic acids is 1. The summed E-state index contributed by atoms with van der Waals surface area (Å²) in [7, 11) is 0. The highest BCUT2D eigenvalue weighted by molar-refractivity contribution is 6.32. The zero-order chi connectivity index (χ0) is 11.9. The SMILES string of the molecule is Cc1cc(C(=O)O)nc2c(C)c(Cl)ccc12. The summed E-state index contributed by atoms with van der Waals surface area (Å²) in [5.41, 5.74) is 2.41. The highest BCUT2D eigenvalue weighted by Gasteiger charge is 2.11. The van der Waals surface area contributed by atoms with Crippen LogP contribution in [-0.4, -0.2) is 16.1 Å². The molecule has 1 N–H and O–H groups in total. The van der Waals surface area contributed by atoms with Crippen molar-refractivity contribution in [2.45, 2.75) is 13.8 Å². The first kappa shape index (κ1) is 10.9. The summed E-state index contributed by atoms with van der Waals surface area (Å²) in [6.07, 6.45) is 0. The fraction of sp³-hybridized carbons (Fsp3) is 0.167. The van der Waals surface area contributed by atoms with Crippen LogP contribution in [0.25, 0.3) is 10.9 Å². The first-order valence-electron chi connectivity index (χ1n) is 4.80. The van der Waals surface area contributed by atoms with Gasteiger partial charge in [0, 0.05) is 10.4 Å². The van der Waals surface area contributed by atoms with E-state index >= 15 is 0 Å². The molecule has 0 saturated heterocycles. The minimum Gasteiger partial charge on any atom is -0.477 e. The first-order valence-corrected chi connectivity index (χ1v) is 5.18. The molecule has 16 heavy (non-hydrogen) atoms. The molecule has 2 aromatic rings. The van der Waals surface area contributed by atoms with Crippen LogP contribution in [0.1, 0.15) is 21.6 Å². The Morgan fingerprint density at radius 1 is 1.38 bits per heavy atom. The topological polar surface area (TPSA) is 50.2 Å². The molecule has 2 rings (SSSR count). The summed E-state index contributed by atoms with van der Waals surface area (Å²) < 4.78 is 0. The maximum Gasteiger partial charge on any atom is 0.354 e. The molecule has 0 fully saturated rings. The van der Waals surface area contributed by atoms with Gasteiger partial charge in [0.1, 0.15) is 5.69 Å². The number of hydrogen-bond donors (Lipinski definition) is 1. The van der Waals surface area contributed by atoms with Gasteiger partial charge >= 0.3 is 5.97 Å². The second-order valence-electron chi connectivity index (χ2n) is 3.70. The number of aromatic nitrogens is 1. The summed E-state index contributed by atoms with van der Waals surface area (Å²) in [6.45, 7) is 3.70. The summed E-state index contributed by atoms with van der Waals surface area (Å²) in [4.78, 5) is 15.0. The Morgan fingerprint density at radius 2 is 2.06 bits per heavy atom. The molecule has 4 heteroatoms. The quantitative estimate of drug-likeness (QED) is 0.826. The van der Waals surface area contributed by atoms with Gasteiger partial charge in [-0.15, -0.1) is 0 Å². The number of aromatic carboxylic acids is 1. The Kier molecular flexibility index (Phi) is 2.56. The molecular weight excluding hydrogens is 226 g/mol. The second kappa shape index (κ2) is 3.76. The van der Waals surface area contributed by atoms with Crippen molar-refractivity contribution in [1.29, 1.82) is 0 Å². The van der Waals surface area contributed by atoms with Crippen molar-refractivity contribution < 1.29 is 9.90 Å². The molecule has 0 aliphatic carbocycles. The third-order valence-corrected chi connectivity index (χ3v) is 3.00. The number of hydrogen-bond acceptors (Lipinski definition) is 2. The highest BCUT2D eigenvalue weighted by atomic mass is 35.5. The minimum atomic E-state index is -1.02. The van der Waals surface area contributed by atoms with Crippen LogP contribution in [-0.2, 0) is 0 Å². The van der Waals surface area contributed by atoms with Gasteiger partial charge in [-0.25, -0.2) is 9.78 Å². The van der Waals surface area contributed by atoms with Crippen molar-refractivity contribution in [3.63, 3.8) is 0 Å². The molecule has 0 aliphatic rings. The number of pyridine rings is 1. The number of benzene rings is 1. The summed E-state index contributed by atoms with van der Waals surface area (Å²) >= 11 is 5.98. The van der Waals surface area contributed by atoms with Crippen LogP contribution < -0.4 is 0 Å². The summed E-state index contributed by atoms with van der Waals surface area (Å²) in [6, 6.07) is 5.23. The van der Waals surface area contributed by atoms with E-state index < -0.39 is 5.97 Å². The van der Waals surface area contributed by atoms with Gasteiger partial charge in [-0.3, -0.25) is 0 Å². The van der Waals surface area contributed by atoms with Gasteiger partial charge in [-0.2, -0.15) is 0 Å². The van der Waals surface area contributed by atoms with Gasteiger partial charge < -0.3 is 5.11 Å². The van der Waals surface area contributed by atoms with Gasteiger partial charge in [0.15, 0.2) is 0 Å². The third-order valence-electron chi connectivity index (χ3n) is 2.59. The van der Waals surface area contributed by atoms with Crippen LogP contribution in [0.3, 0.4) is 0 Å². The number of carboxylic acid groups (broad SMARTS) is 1. The van der Waals surface area contributed by atoms with Crippen molar-refractivity contribution >= 4 is 28.5 Å². The summed E-state index contributed by atoms with van der Waals surface area (Å²) in [5.74, 6) is -1.02. The monoisotopic (exact) mass is 235 g/mol.